The van der Waals surface area contributed by atoms with Gasteiger partial charge in [-0.05, 0) is 65.7 Å². The summed E-state index contributed by atoms with van der Waals surface area (Å²) >= 11 is 0. The molecule has 3 aromatic heterocycles. The molecule has 0 spiro atoms. The van der Waals surface area contributed by atoms with Crippen LogP contribution in [0.25, 0.3) is 16.8 Å². The highest BCUT2D eigenvalue weighted by Gasteiger charge is 2.09. The van der Waals surface area contributed by atoms with Gasteiger partial charge in [-0.25, -0.2) is 28.2 Å². The molecular weight excluding hydrogens is 425 g/mol. The molecule has 0 saturated heterocycles. The molecule has 0 aliphatic carbocycles. The maximum atomic E-state index is 13.0. The van der Waals surface area contributed by atoms with Gasteiger partial charge in [-0.1, -0.05) is 12.1 Å². The van der Waals surface area contributed by atoms with Crippen LogP contribution in [0.5, 0.6) is 17.5 Å². The summed E-state index contributed by atoms with van der Waals surface area (Å²) in [5.74, 6) is 0.857. The van der Waals surface area contributed by atoms with Gasteiger partial charge < -0.3 is 9.47 Å². The quantitative estimate of drug-likeness (QED) is 0.379. The third kappa shape index (κ3) is 4.57. The van der Waals surface area contributed by atoms with Gasteiger partial charge in [-0.3, -0.25) is 0 Å². The lowest BCUT2D eigenvalue weighted by Crippen LogP contribution is -2.24. The number of hydrogen-bond acceptors (Lipinski definition) is 6. The molecule has 9 heteroatoms. The van der Waals surface area contributed by atoms with E-state index in [1.807, 2.05) is 30.3 Å². The number of rotatable bonds is 7. The molecule has 5 rings (SSSR count). The van der Waals surface area contributed by atoms with Crippen molar-refractivity contribution in [3.63, 3.8) is 0 Å². The number of nitrogens with zero attached hydrogens (tertiary/aromatic N) is 5. The highest BCUT2D eigenvalue weighted by atomic mass is 19.1. The minimum atomic E-state index is -0.315. The van der Waals surface area contributed by atoms with Crippen LogP contribution in [0.1, 0.15) is 0 Å². The Bertz CT molecular complexity index is 1430. The van der Waals surface area contributed by atoms with Crippen molar-refractivity contribution >= 4 is 5.65 Å². The predicted molar refractivity (Wildman–Crippen MR) is 119 cm³/mol. The zero-order chi connectivity index (χ0) is 22.6. The van der Waals surface area contributed by atoms with Gasteiger partial charge in [-0.2, -0.15) is 0 Å². The molecule has 8 nitrogen and oxygen atoms in total. The molecule has 3 heterocycles. The van der Waals surface area contributed by atoms with Crippen LogP contribution in [0.4, 0.5) is 4.39 Å². The Morgan fingerprint density at radius 2 is 1.52 bits per heavy atom. The molecular formula is C24H18FN5O3. The molecule has 0 aliphatic rings. The molecule has 0 N–H and O–H groups in total. The average molecular weight is 443 g/mol. The first-order valence-corrected chi connectivity index (χ1v) is 10.2. The summed E-state index contributed by atoms with van der Waals surface area (Å²) in [6.45, 7) is 0.486. The van der Waals surface area contributed by atoms with Crippen LogP contribution in [0.2, 0.25) is 0 Å². The van der Waals surface area contributed by atoms with Crippen molar-refractivity contribution in [3.8, 4) is 28.6 Å². The summed E-state index contributed by atoms with van der Waals surface area (Å²) in [5.41, 5.74) is 2.04. The lowest BCUT2D eigenvalue weighted by atomic mass is 10.1. The van der Waals surface area contributed by atoms with E-state index >= 15 is 0 Å². The van der Waals surface area contributed by atoms with Gasteiger partial charge in [-0.15, -0.1) is 5.10 Å². The third-order valence-corrected chi connectivity index (χ3v) is 4.89. The van der Waals surface area contributed by atoms with Crippen LogP contribution >= 0.6 is 0 Å². The maximum absolute atomic E-state index is 13.0. The van der Waals surface area contributed by atoms with Gasteiger partial charge in [0.05, 0.1) is 6.54 Å². The number of benzene rings is 2. The van der Waals surface area contributed by atoms with E-state index in [1.165, 1.54) is 21.2 Å². The molecule has 0 aliphatic heterocycles. The van der Waals surface area contributed by atoms with Gasteiger partial charge in [0.1, 0.15) is 23.9 Å². The van der Waals surface area contributed by atoms with E-state index in [-0.39, 0.29) is 30.7 Å². The number of ether oxygens (including phenoxy) is 2. The van der Waals surface area contributed by atoms with Crippen molar-refractivity contribution in [2.45, 2.75) is 6.54 Å². The van der Waals surface area contributed by atoms with Gasteiger partial charge in [0.25, 0.3) is 0 Å². The monoisotopic (exact) mass is 443 g/mol. The summed E-state index contributed by atoms with van der Waals surface area (Å²) in [6.07, 6.45) is 4.92. The Kier molecular flexibility index (Phi) is 5.50. The van der Waals surface area contributed by atoms with Gasteiger partial charge in [0.2, 0.25) is 0 Å². The molecule has 0 unspecified atom stereocenters. The van der Waals surface area contributed by atoms with Crippen molar-refractivity contribution in [1.82, 2.24) is 24.1 Å². The Hall–Kier alpha value is -4.53. The summed E-state index contributed by atoms with van der Waals surface area (Å²) in [5, 5.41) is 4.34. The summed E-state index contributed by atoms with van der Waals surface area (Å²) in [4.78, 5) is 20.7. The molecule has 0 bridgehead atoms. The van der Waals surface area contributed by atoms with E-state index in [4.69, 9.17) is 9.47 Å². The van der Waals surface area contributed by atoms with Crippen LogP contribution in [0.15, 0.2) is 90.1 Å². The third-order valence-electron chi connectivity index (χ3n) is 4.89. The molecule has 0 radical (unpaired) electrons. The van der Waals surface area contributed by atoms with E-state index in [9.17, 15) is 9.18 Å². The van der Waals surface area contributed by atoms with E-state index in [0.717, 1.165) is 11.1 Å². The zero-order valence-electron chi connectivity index (χ0n) is 17.3. The molecule has 0 amide bonds. The number of pyridine rings is 1. The normalized spacial score (nSPS) is 10.9. The van der Waals surface area contributed by atoms with Gasteiger partial charge in [0, 0.05) is 18.6 Å². The molecule has 0 fully saturated rings. The Labute approximate surface area is 187 Å². The standard InChI is InChI=1S/C24H18FN5O3/c25-19-5-9-21(10-6-19)33-20-7-2-17(3-8-20)18-4-11-22-28-30(24(31)29(22)16-18)14-15-32-23-26-12-1-13-27-23/h1-13,16H,14-15H2. The summed E-state index contributed by atoms with van der Waals surface area (Å²) in [6, 6.07) is 18.9. The second-order valence-electron chi connectivity index (χ2n) is 7.11. The second kappa shape index (κ2) is 8.91. The van der Waals surface area contributed by atoms with Crippen LogP contribution in [0.3, 0.4) is 0 Å². The first-order chi connectivity index (χ1) is 16.2. The van der Waals surface area contributed by atoms with Gasteiger partial charge in [0.15, 0.2) is 5.65 Å². The predicted octanol–water partition coefficient (Wildman–Crippen LogP) is 3.96. The van der Waals surface area contributed by atoms with Crippen molar-refractivity contribution in [2.24, 2.45) is 0 Å². The Balaban J connectivity index is 1.31. The Morgan fingerprint density at radius 1 is 0.848 bits per heavy atom. The van der Waals surface area contributed by atoms with E-state index in [0.29, 0.717) is 17.1 Å². The highest BCUT2D eigenvalue weighted by Crippen LogP contribution is 2.26. The molecule has 33 heavy (non-hydrogen) atoms. The van der Waals surface area contributed by atoms with Crippen LogP contribution in [-0.4, -0.2) is 30.8 Å². The molecule has 5 aromatic rings. The SMILES string of the molecule is O=c1n(CCOc2ncccn2)nc2ccc(-c3ccc(Oc4ccc(F)cc4)cc3)cn12. The second-order valence-corrected chi connectivity index (χ2v) is 7.11. The zero-order valence-corrected chi connectivity index (χ0v) is 17.3. The van der Waals surface area contributed by atoms with Crippen molar-refractivity contribution < 1.29 is 13.9 Å². The minimum absolute atomic E-state index is 0.218. The number of halogens is 1. The number of hydrogen-bond donors (Lipinski definition) is 0. The van der Waals surface area contributed by atoms with Crippen molar-refractivity contribution in [2.75, 3.05) is 6.61 Å². The van der Waals surface area contributed by atoms with E-state index in [2.05, 4.69) is 15.1 Å². The summed E-state index contributed by atoms with van der Waals surface area (Å²) < 4.78 is 27.1. The first-order valence-electron chi connectivity index (χ1n) is 10.2. The van der Waals surface area contributed by atoms with Gasteiger partial charge >= 0.3 is 11.7 Å². The summed E-state index contributed by atoms with van der Waals surface area (Å²) in [7, 11) is 0. The largest absolute Gasteiger partial charge is 0.461 e. The lowest BCUT2D eigenvalue weighted by Gasteiger charge is -2.07. The fourth-order valence-electron chi connectivity index (χ4n) is 3.27. The number of fused-ring (bicyclic) bond motifs is 1. The minimum Gasteiger partial charge on any atom is -0.461 e. The fraction of sp³-hybridized carbons (Fsp3) is 0.0833. The number of aromatic nitrogens is 5. The molecule has 0 atom stereocenters. The highest BCUT2D eigenvalue weighted by molar-refractivity contribution is 5.65. The Morgan fingerprint density at radius 3 is 2.24 bits per heavy atom. The van der Waals surface area contributed by atoms with Crippen molar-refractivity contribution in [3.05, 3.63) is 102 Å². The molecule has 0 saturated carbocycles. The molecule has 164 valence electrons. The van der Waals surface area contributed by atoms with Crippen molar-refractivity contribution in [1.29, 1.82) is 0 Å². The van der Waals surface area contributed by atoms with E-state index in [1.54, 1.807) is 42.9 Å². The topological polar surface area (TPSA) is 83.5 Å². The van der Waals surface area contributed by atoms with Crippen LogP contribution < -0.4 is 15.2 Å². The smallest absolute Gasteiger partial charge is 0.350 e. The molecule has 2 aromatic carbocycles. The van der Waals surface area contributed by atoms with Crippen LogP contribution in [-0.2, 0) is 6.54 Å². The average Bonchev–Trinajstić information content (AvgIpc) is 3.16. The maximum Gasteiger partial charge on any atom is 0.350 e. The van der Waals surface area contributed by atoms with Crippen LogP contribution in [0, 0.1) is 5.82 Å². The van der Waals surface area contributed by atoms with E-state index < -0.39 is 0 Å². The lowest BCUT2D eigenvalue weighted by molar-refractivity contribution is 0.268. The fourth-order valence-corrected chi connectivity index (χ4v) is 3.27. The first kappa shape index (κ1) is 20.4.